The molecule has 0 atom stereocenters. The minimum Gasteiger partial charge on any atom is -0.306 e. The van der Waals surface area contributed by atoms with E-state index in [1.54, 1.807) is 11.6 Å². The van der Waals surface area contributed by atoms with Gasteiger partial charge in [0.1, 0.15) is 0 Å². The number of benzene rings is 1. The molecule has 74 valence electrons. The van der Waals surface area contributed by atoms with Gasteiger partial charge in [-0.25, -0.2) is 4.79 Å². The summed E-state index contributed by atoms with van der Waals surface area (Å²) in [5, 5.41) is 0. The van der Waals surface area contributed by atoms with Crippen molar-refractivity contribution in [1.82, 2.24) is 9.55 Å². The lowest BCUT2D eigenvalue weighted by molar-refractivity contribution is 0.891. The van der Waals surface area contributed by atoms with Gasteiger partial charge in [-0.3, -0.25) is 4.57 Å². The van der Waals surface area contributed by atoms with Crippen LogP contribution in [0.2, 0.25) is 0 Å². The lowest BCUT2D eigenvalue weighted by Gasteiger charge is -1.93. The maximum absolute atomic E-state index is 11.1. The molecule has 0 radical (unpaired) electrons. The van der Waals surface area contributed by atoms with Crippen molar-refractivity contribution in [3.8, 4) is 0 Å². The minimum absolute atomic E-state index is 0.0805. The van der Waals surface area contributed by atoms with Crippen LogP contribution in [0.1, 0.15) is 0 Å². The van der Waals surface area contributed by atoms with Gasteiger partial charge in [0.05, 0.1) is 11.0 Å². The SMILES string of the molecule is C=C.Cn1c(=O)[nH]c2ccc(Br)cc21. The standard InChI is InChI=1S/C8H7BrN2O.C2H4/c1-11-7-4-5(9)2-3-6(7)10-8(11)12;1-2/h2-4H,1H3,(H,10,12);1-2H2. The summed E-state index contributed by atoms with van der Waals surface area (Å²) >= 11 is 3.35. The Bertz CT molecular complexity index is 498. The smallest absolute Gasteiger partial charge is 0.306 e. The fraction of sp³-hybridized carbons (Fsp3) is 0.100. The van der Waals surface area contributed by atoms with Crippen molar-refractivity contribution in [2.45, 2.75) is 0 Å². The van der Waals surface area contributed by atoms with Crippen LogP contribution in [0.25, 0.3) is 11.0 Å². The van der Waals surface area contributed by atoms with Gasteiger partial charge in [0.25, 0.3) is 0 Å². The van der Waals surface area contributed by atoms with Crippen LogP contribution in [0.3, 0.4) is 0 Å². The van der Waals surface area contributed by atoms with Gasteiger partial charge in [0.15, 0.2) is 0 Å². The van der Waals surface area contributed by atoms with Gasteiger partial charge in [-0.05, 0) is 18.2 Å². The van der Waals surface area contributed by atoms with Gasteiger partial charge < -0.3 is 4.98 Å². The Morgan fingerprint density at radius 2 is 2.07 bits per heavy atom. The Labute approximate surface area is 90.2 Å². The number of rotatable bonds is 0. The number of H-pyrrole nitrogens is 1. The highest BCUT2D eigenvalue weighted by atomic mass is 79.9. The molecule has 0 aliphatic rings. The zero-order valence-electron chi connectivity index (χ0n) is 7.88. The second kappa shape index (κ2) is 4.28. The van der Waals surface area contributed by atoms with Crippen LogP contribution in [-0.2, 0) is 7.05 Å². The molecular formula is C10H11BrN2O. The first kappa shape index (κ1) is 10.8. The van der Waals surface area contributed by atoms with Gasteiger partial charge in [-0.1, -0.05) is 15.9 Å². The summed E-state index contributed by atoms with van der Waals surface area (Å²) in [4.78, 5) is 13.9. The zero-order chi connectivity index (χ0) is 10.7. The van der Waals surface area contributed by atoms with E-state index in [0.29, 0.717) is 0 Å². The van der Waals surface area contributed by atoms with Gasteiger partial charge in [0, 0.05) is 11.5 Å². The third-order valence-corrected chi connectivity index (χ3v) is 2.36. The van der Waals surface area contributed by atoms with E-state index in [-0.39, 0.29) is 5.69 Å². The number of hydrogen-bond donors (Lipinski definition) is 1. The topological polar surface area (TPSA) is 37.8 Å². The summed E-state index contributed by atoms with van der Waals surface area (Å²) in [7, 11) is 1.74. The Kier molecular flexibility index (Phi) is 3.30. The fourth-order valence-electron chi connectivity index (χ4n) is 1.20. The highest BCUT2D eigenvalue weighted by Gasteiger charge is 2.01. The Morgan fingerprint density at radius 3 is 2.71 bits per heavy atom. The van der Waals surface area contributed by atoms with Gasteiger partial charge in [0.2, 0.25) is 0 Å². The number of aromatic amines is 1. The Balaban J connectivity index is 0.000000461. The molecule has 2 rings (SSSR count). The first-order valence-electron chi connectivity index (χ1n) is 4.03. The number of imidazole rings is 1. The van der Waals surface area contributed by atoms with Crippen molar-refractivity contribution < 1.29 is 0 Å². The molecule has 0 amide bonds. The quantitative estimate of drug-likeness (QED) is 0.721. The fourth-order valence-corrected chi connectivity index (χ4v) is 1.55. The summed E-state index contributed by atoms with van der Waals surface area (Å²) in [6.45, 7) is 6.00. The van der Waals surface area contributed by atoms with Crippen LogP contribution < -0.4 is 5.69 Å². The highest BCUT2D eigenvalue weighted by Crippen LogP contribution is 2.16. The largest absolute Gasteiger partial charge is 0.326 e. The van der Waals surface area contributed by atoms with Gasteiger partial charge in [-0.15, -0.1) is 13.2 Å². The predicted octanol–water partition coefficient (Wildman–Crippen LogP) is 2.43. The Morgan fingerprint density at radius 1 is 1.43 bits per heavy atom. The molecule has 1 aromatic heterocycles. The van der Waals surface area contributed by atoms with Crippen molar-refractivity contribution in [2.75, 3.05) is 0 Å². The number of halogens is 1. The van der Waals surface area contributed by atoms with Crippen LogP contribution >= 0.6 is 15.9 Å². The first-order valence-corrected chi connectivity index (χ1v) is 4.82. The molecule has 0 unspecified atom stereocenters. The molecule has 0 spiro atoms. The number of aryl methyl sites for hydroxylation is 1. The molecule has 0 aliphatic heterocycles. The van der Waals surface area contributed by atoms with E-state index in [4.69, 9.17) is 0 Å². The highest BCUT2D eigenvalue weighted by molar-refractivity contribution is 9.10. The number of nitrogens with zero attached hydrogens (tertiary/aromatic N) is 1. The average Bonchev–Trinajstić information content (AvgIpc) is 2.48. The van der Waals surface area contributed by atoms with Crippen LogP contribution in [0.15, 0.2) is 40.6 Å². The van der Waals surface area contributed by atoms with Crippen LogP contribution in [0, 0.1) is 0 Å². The van der Waals surface area contributed by atoms with Crippen LogP contribution in [0.5, 0.6) is 0 Å². The second-order valence-corrected chi connectivity index (χ2v) is 3.57. The van der Waals surface area contributed by atoms with Crippen LogP contribution in [-0.4, -0.2) is 9.55 Å². The van der Waals surface area contributed by atoms with Crippen molar-refractivity contribution in [3.05, 3.63) is 46.3 Å². The third-order valence-electron chi connectivity index (χ3n) is 1.87. The summed E-state index contributed by atoms with van der Waals surface area (Å²) in [6.07, 6.45) is 0. The normalized spacial score (nSPS) is 9.57. The molecule has 1 aromatic carbocycles. The minimum atomic E-state index is -0.0805. The van der Waals surface area contributed by atoms with Crippen molar-refractivity contribution in [1.29, 1.82) is 0 Å². The molecule has 0 saturated heterocycles. The summed E-state index contributed by atoms with van der Waals surface area (Å²) in [5.41, 5.74) is 1.70. The maximum atomic E-state index is 11.1. The van der Waals surface area contributed by atoms with E-state index in [0.717, 1.165) is 15.5 Å². The van der Waals surface area contributed by atoms with E-state index < -0.39 is 0 Å². The molecule has 1 heterocycles. The van der Waals surface area contributed by atoms with Crippen molar-refractivity contribution >= 4 is 27.0 Å². The molecule has 0 fully saturated rings. The monoisotopic (exact) mass is 254 g/mol. The number of aromatic nitrogens is 2. The number of hydrogen-bond acceptors (Lipinski definition) is 1. The molecule has 3 nitrogen and oxygen atoms in total. The molecule has 0 bridgehead atoms. The lowest BCUT2D eigenvalue weighted by atomic mass is 10.3. The zero-order valence-corrected chi connectivity index (χ0v) is 9.47. The van der Waals surface area contributed by atoms with Crippen LogP contribution in [0.4, 0.5) is 0 Å². The molecule has 2 aromatic rings. The average molecular weight is 255 g/mol. The second-order valence-electron chi connectivity index (χ2n) is 2.65. The van der Waals surface area contributed by atoms with E-state index in [9.17, 15) is 4.79 Å². The first-order chi connectivity index (χ1) is 6.68. The van der Waals surface area contributed by atoms with E-state index in [1.165, 1.54) is 0 Å². The number of fused-ring (bicyclic) bond motifs is 1. The molecule has 0 aliphatic carbocycles. The summed E-state index contributed by atoms with van der Waals surface area (Å²) in [6, 6.07) is 5.69. The summed E-state index contributed by atoms with van der Waals surface area (Å²) in [5.74, 6) is 0. The molecule has 14 heavy (non-hydrogen) atoms. The predicted molar refractivity (Wildman–Crippen MR) is 62.5 cm³/mol. The molecular weight excluding hydrogens is 244 g/mol. The van der Waals surface area contributed by atoms with Crippen molar-refractivity contribution in [3.63, 3.8) is 0 Å². The van der Waals surface area contributed by atoms with Crippen molar-refractivity contribution in [2.24, 2.45) is 7.05 Å². The molecule has 0 saturated carbocycles. The van der Waals surface area contributed by atoms with E-state index in [1.807, 2.05) is 18.2 Å². The Hall–Kier alpha value is -1.29. The molecule has 1 N–H and O–H groups in total. The molecule has 4 heteroatoms. The van der Waals surface area contributed by atoms with E-state index >= 15 is 0 Å². The summed E-state index contributed by atoms with van der Waals surface area (Å²) < 4.78 is 2.56. The third kappa shape index (κ3) is 1.80. The maximum Gasteiger partial charge on any atom is 0.326 e. The van der Waals surface area contributed by atoms with E-state index in [2.05, 4.69) is 34.1 Å². The van der Waals surface area contributed by atoms with Gasteiger partial charge in [-0.2, -0.15) is 0 Å². The lowest BCUT2D eigenvalue weighted by Crippen LogP contribution is -2.11. The number of nitrogens with one attached hydrogen (secondary N) is 1. The van der Waals surface area contributed by atoms with Gasteiger partial charge >= 0.3 is 5.69 Å².